The first-order valence-corrected chi connectivity index (χ1v) is 7.92. The van der Waals surface area contributed by atoms with Gasteiger partial charge in [-0.2, -0.15) is 0 Å². The molecule has 0 radical (unpaired) electrons. The summed E-state index contributed by atoms with van der Waals surface area (Å²) in [7, 11) is -4.32. The molecule has 0 fully saturated rings. The predicted molar refractivity (Wildman–Crippen MR) is 67.4 cm³/mol. The Morgan fingerprint density at radius 2 is 2.06 bits per heavy atom. The van der Waals surface area contributed by atoms with Crippen molar-refractivity contribution in [3.63, 3.8) is 0 Å². The highest BCUT2D eigenvalue weighted by atomic mass is 31.2. The van der Waals surface area contributed by atoms with Crippen molar-refractivity contribution in [1.29, 1.82) is 0 Å². The summed E-state index contributed by atoms with van der Waals surface area (Å²) in [6.07, 6.45) is 2.76. The largest absolute Gasteiger partial charge is 0.779 e. The Kier molecular flexibility index (Phi) is 7.52. The van der Waals surface area contributed by atoms with Gasteiger partial charge in [0.15, 0.2) is 0 Å². The summed E-state index contributed by atoms with van der Waals surface area (Å²) in [6, 6.07) is 0. The van der Waals surface area contributed by atoms with Gasteiger partial charge in [0.2, 0.25) is 0 Å². The van der Waals surface area contributed by atoms with Crippen LogP contribution in [0.5, 0.6) is 0 Å². The molecule has 0 bridgehead atoms. The van der Waals surface area contributed by atoms with Crippen LogP contribution in [0.3, 0.4) is 0 Å². The standard InChI is InChI=1S/C11H24NO5P/c1-4-5-6-7-11(2,3)17-10(13)12-8-9-18(14,15)16/h4-9H2,1-3H3,(H,12,13)(H2,14,15,16)/p-1. The van der Waals surface area contributed by atoms with Crippen molar-refractivity contribution in [3.05, 3.63) is 0 Å². The highest BCUT2D eigenvalue weighted by molar-refractivity contribution is 7.50. The van der Waals surface area contributed by atoms with E-state index in [1.807, 2.05) is 13.8 Å². The van der Waals surface area contributed by atoms with Crippen LogP contribution in [0.4, 0.5) is 4.79 Å². The average molecular weight is 280 g/mol. The van der Waals surface area contributed by atoms with Crippen LogP contribution in [-0.4, -0.2) is 29.3 Å². The molecule has 0 aliphatic rings. The van der Waals surface area contributed by atoms with Crippen molar-refractivity contribution >= 4 is 13.7 Å². The van der Waals surface area contributed by atoms with Gasteiger partial charge in [0, 0.05) is 12.7 Å². The van der Waals surface area contributed by atoms with Crippen molar-refractivity contribution in [2.24, 2.45) is 0 Å². The summed E-state index contributed by atoms with van der Waals surface area (Å²) in [5, 5.41) is 2.29. The predicted octanol–water partition coefficient (Wildman–Crippen LogP) is 1.62. The molecular weight excluding hydrogens is 257 g/mol. The minimum absolute atomic E-state index is 0.152. The Morgan fingerprint density at radius 3 is 2.56 bits per heavy atom. The average Bonchev–Trinajstić information content (AvgIpc) is 2.14. The van der Waals surface area contributed by atoms with Crippen LogP contribution < -0.4 is 10.2 Å². The third-order valence-corrected chi connectivity index (χ3v) is 3.20. The molecule has 18 heavy (non-hydrogen) atoms. The molecule has 108 valence electrons. The van der Waals surface area contributed by atoms with Gasteiger partial charge in [0.1, 0.15) is 13.2 Å². The zero-order valence-corrected chi connectivity index (χ0v) is 12.2. The van der Waals surface area contributed by atoms with Gasteiger partial charge in [-0.1, -0.05) is 19.8 Å². The maximum atomic E-state index is 11.4. The van der Waals surface area contributed by atoms with Gasteiger partial charge in [-0.3, -0.25) is 0 Å². The normalized spacial score (nSPS) is 14.9. The lowest BCUT2D eigenvalue weighted by molar-refractivity contribution is -0.193. The van der Waals surface area contributed by atoms with E-state index < -0.39 is 25.5 Å². The molecule has 0 heterocycles. The third kappa shape index (κ3) is 10.6. The van der Waals surface area contributed by atoms with E-state index in [9.17, 15) is 14.3 Å². The van der Waals surface area contributed by atoms with Crippen molar-refractivity contribution < 1.29 is 23.9 Å². The van der Waals surface area contributed by atoms with Crippen LogP contribution in [0.2, 0.25) is 0 Å². The number of rotatable bonds is 8. The topological polar surface area (TPSA) is 98.7 Å². The molecule has 0 aromatic rings. The highest BCUT2D eigenvalue weighted by Gasteiger charge is 2.22. The Hall–Kier alpha value is -0.580. The fraction of sp³-hybridized carbons (Fsp3) is 0.909. The van der Waals surface area contributed by atoms with Crippen molar-refractivity contribution in [2.45, 2.75) is 52.1 Å². The summed E-state index contributed by atoms with van der Waals surface area (Å²) in [5.74, 6) is 0. The quantitative estimate of drug-likeness (QED) is 0.520. The van der Waals surface area contributed by atoms with Crippen LogP contribution >= 0.6 is 7.60 Å². The summed E-state index contributed by atoms with van der Waals surface area (Å²) in [5.41, 5.74) is -0.570. The highest BCUT2D eigenvalue weighted by Crippen LogP contribution is 2.27. The Balaban J connectivity index is 3.88. The van der Waals surface area contributed by atoms with Crippen LogP contribution in [0.25, 0.3) is 0 Å². The van der Waals surface area contributed by atoms with Crippen molar-refractivity contribution in [2.75, 3.05) is 12.7 Å². The van der Waals surface area contributed by atoms with Crippen molar-refractivity contribution in [3.8, 4) is 0 Å². The summed E-state index contributed by atoms with van der Waals surface area (Å²) < 4.78 is 15.6. The summed E-state index contributed by atoms with van der Waals surface area (Å²) in [6.45, 7) is 5.57. The van der Waals surface area contributed by atoms with E-state index in [1.54, 1.807) is 0 Å². The lowest BCUT2D eigenvalue weighted by Crippen LogP contribution is -2.36. The molecule has 0 rings (SSSR count). The molecule has 0 saturated heterocycles. The van der Waals surface area contributed by atoms with E-state index in [1.165, 1.54) is 0 Å². The zero-order chi connectivity index (χ0) is 14.2. The molecule has 1 unspecified atom stereocenters. The number of unbranched alkanes of at least 4 members (excludes halogenated alkanes) is 2. The number of carbonyl (C=O) groups excluding carboxylic acids is 1. The number of hydrogen-bond donors (Lipinski definition) is 2. The second-order valence-corrected chi connectivity index (χ2v) is 6.62. The van der Waals surface area contributed by atoms with E-state index in [0.717, 1.165) is 25.7 Å². The van der Waals surface area contributed by atoms with Gasteiger partial charge >= 0.3 is 6.09 Å². The van der Waals surface area contributed by atoms with Crippen LogP contribution in [0.15, 0.2) is 0 Å². The minimum Gasteiger partial charge on any atom is -0.779 e. The van der Waals surface area contributed by atoms with E-state index in [-0.39, 0.29) is 6.54 Å². The molecular formula is C11H23NO5P-. The van der Waals surface area contributed by atoms with E-state index in [0.29, 0.717) is 0 Å². The first kappa shape index (κ1) is 17.4. The number of hydrogen-bond acceptors (Lipinski definition) is 4. The molecule has 1 amide bonds. The van der Waals surface area contributed by atoms with Crippen LogP contribution in [0.1, 0.15) is 46.5 Å². The maximum Gasteiger partial charge on any atom is 0.407 e. The van der Waals surface area contributed by atoms with Gasteiger partial charge in [0.05, 0.1) is 0 Å². The second kappa shape index (κ2) is 7.77. The smallest absolute Gasteiger partial charge is 0.407 e. The van der Waals surface area contributed by atoms with Gasteiger partial charge in [-0.25, -0.2) is 4.79 Å². The number of ether oxygens (including phenoxy) is 1. The Labute approximate surface area is 108 Å². The molecule has 0 aromatic carbocycles. The molecule has 2 N–H and O–H groups in total. The number of alkyl carbamates (subject to hydrolysis) is 1. The Bertz CT molecular complexity index is 300. The first-order chi connectivity index (χ1) is 8.16. The minimum atomic E-state index is -4.32. The SMILES string of the molecule is CCCCCC(C)(C)OC(=O)NCCP(=O)([O-])O. The van der Waals surface area contributed by atoms with Gasteiger partial charge in [0.25, 0.3) is 0 Å². The monoisotopic (exact) mass is 280 g/mol. The molecule has 0 aliphatic heterocycles. The van der Waals surface area contributed by atoms with E-state index in [4.69, 9.17) is 9.63 Å². The van der Waals surface area contributed by atoms with Gasteiger partial charge < -0.3 is 24.4 Å². The molecule has 6 nitrogen and oxygen atoms in total. The molecule has 0 spiro atoms. The molecule has 7 heteroatoms. The number of amides is 1. The zero-order valence-electron chi connectivity index (χ0n) is 11.3. The third-order valence-electron chi connectivity index (χ3n) is 2.42. The Morgan fingerprint density at radius 1 is 1.44 bits per heavy atom. The summed E-state index contributed by atoms with van der Waals surface area (Å²) >= 11 is 0. The van der Waals surface area contributed by atoms with E-state index >= 15 is 0 Å². The molecule has 0 aliphatic carbocycles. The molecule has 0 saturated carbocycles. The molecule has 1 atom stereocenters. The van der Waals surface area contributed by atoms with Crippen LogP contribution in [0, 0.1) is 0 Å². The van der Waals surface area contributed by atoms with Crippen molar-refractivity contribution in [1.82, 2.24) is 5.32 Å². The van der Waals surface area contributed by atoms with Gasteiger partial charge in [-0.05, 0) is 26.7 Å². The summed E-state index contributed by atoms with van der Waals surface area (Å²) in [4.78, 5) is 30.3. The number of carbonyl (C=O) groups is 1. The fourth-order valence-corrected chi connectivity index (χ4v) is 1.83. The lowest BCUT2D eigenvalue weighted by atomic mass is 10.0. The maximum absolute atomic E-state index is 11.4. The fourth-order valence-electron chi connectivity index (χ4n) is 1.44. The van der Waals surface area contributed by atoms with Crippen LogP contribution in [-0.2, 0) is 9.30 Å². The van der Waals surface area contributed by atoms with Gasteiger partial charge in [-0.15, -0.1) is 0 Å². The second-order valence-electron chi connectivity index (χ2n) is 4.89. The first-order valence-electron chi connectivity index (χ1n) is 6.16. The molecule has 0 aromatic heterocycles. The van der Waals surface area contributed by atoms with E-state index in [2.05, 4.69) is 12.2 Å². The number of nitrogens with one attached hydrogen (secondary N) is 1. The lowest BCUT2D eigenvalue weighted by Gasteiger charge is -2.25.